The second-order valence-electron chi connectivity index (χ2n) is 2.77. The molecule has 60 valence electrons. The van der Waals surface area contributed by atoms with Crippen molar-refractivity contribution >= 4 is 27.3 Å². The Labute approximate surface area is 76.8 Å². The highest BCUT2D eigenvalue weighted by Gasteiger charge is 2.31. The summed E-state index contributed by atoms with van der Waals surface area (Å²) in [4.78, 5) is 4.18. The first-order chi connectivity index (χ1) is 5.25. The molecule has 4 heteroatoms. The quantitative estimate of drug-likeness (QED) is 0.729. The van der Waals surface area contributed by atoms with Gasteiger partial charge < -0.3 is 0 Å². The summed E-state index contributed by atoms with van der Waals surface area (Å²) < 4.78 is 13.5. The van der Waals surface area contributed by atoms with E-state index in [2.05, 4.69) is 20.9 Å². The molecule has 1 fully saturated rings. The summed E-state index contributed by atoms with van der Waals surface area (Å²) in [7, 11) is 0. The standard InChI is InChI=1S/C7H7BrFNS/c8-6-3-10-7(11-6)4-1-5(9)2-4/h3-5H,1-2H2. The van der Waals surface area contributed by atoms with Crippen LogP contribution in [0.4, 0.5) is 4.39 Å². The van der Waals surface area contributed by atoms with Crippen LogP contribution in [0.25, 0.3) is 0 Å². The summed E-state index contributed by atoms with van der Waals surface area (Å²) in [6.07, 6.45) is 2.54. The number of halogens is 2. The number of alkyl halides is 1. The van der Waals surface area contributed by atoms with Gasteiger partial charge in [-0.2, -0.15) is 0 Å². The topological polar surface area (TPSA) is 12.9 Å². The van der Waals surface area contributed by atoms with Gasteiger partial charge in [0.2, 0.25) is 0 Å². The molecule has 1 aromatic rings. The summed E-state index contributed by atoms with van der Waals surface area (Å²) in [5.74, 6) is 0.390. The van der Waals surface area contributed by atoms with Gasteiger partial charge >= 0.3 is 0 Å². The van der Waals surface area contributed by atoms with Crippen LogP contribution in [-0.4, -0.2) is 11.2 Å². The maximum Gasteiger partial charge on any atom is 0.101 e. The maximum absolute atomic E-state index is 12.4. The zero-order valence-electron chi connectivity index (χ0n) is 5.76. The van der Waals surface area contributed by atoms with Gasteiger partial charge in [0.15, 0.2) is 0 Å². The molecule has 0 unspecified atom stereocenters. The first kappa shape index (κ1) is 7.68. The molecular weight excluding hydrogens is 229 g/mol. The fourth-order valence-electron chi connectivity index (χ4n) is 1.21. The minimum atomic E-state index is -0.581. The van der Waals surface area contributed by atoms with E-state index in [1.54, 1.807) is 17.5 Å². The van der Waals surface area contributed by atoms with Crippen molar-refractivity contribution in [1.29, 1.82) is 0 Å². The lowest BCUT2D eigenvalue weighted by molar-refractivity contribution is 0.179. The number of aromatic nitrogens is 1. The van der Waals surface area contributed by atoms with Crippen LogP contribution in [-0.2, 0) is 0 Å². The Kier molecular flexibility index (Phi) is 1.97. The van der Waals surface area contributed by atoms with Crippen molar-refractivity contribution in [3.05, 3.63) is 15.0 Å². The molecule has 0 aromatic carbocycles. The van der Waals surface area contributed by atoms with Gasteiger partial charge in [-0.15, -0.1) is 11.3 Å². The van der Waals surface area contributed by atoms with Gasteiger partial charge in [-0.1, -0.05) is 0 Å². The number of nitrogens with zero attached hydrogens (tertiary/aromatic N) is 1. The predicted molar refractivity (Wildman–Crippen MR) is 46.7 cm³/mol. The SMILES string of the molecule is FC1CC(c2ncc(Br)s2)C1. The van der Waals surface area contributed by atoms with Crippen molar-refractivity contribution in [3.63, 3.8) is 0 Å². The molecule has 0 atom stereocenters. The molecule has 0 amide bonds. The second-order valence-corrected chi connectivity index (χ2v) is 5.21. The lowest BCUT2D eigenvalue weighted by Crippen LogP contribution is -2.22. The van der Waals surface area contributed by atoms with Gasteiger partial charge in [0, 0.05) is 5.92 Å². The summed E-state index contributed by atoms with van der Waals surface area (Å²) in [5, 5.41) is 1.07. The molecule has 2 rings (SSSR count). The Morgan fingerprint density at radius 3 is 2.82 bits per heavy atom. The van der Waals surface area contributed by atoms with E-state index in [1.807, 2.05) is 0 Å². The van der Waals surface area contributed by atoms with Crippen LogP contribution in [0, 0.1) is 0 Å². The van der Waals surface area contributed by atoms with E-state index in [1.165, 1.54) is 0 Å². The highest BCUT2D eigenvalue weighted by Crippen LogP contribution is 2.40. The van der Waals surface area contributed by atoms with Gasteiger partial charge in [0.1, 0.15) is 6.17 Å². The molecule has 1 aromatic heterocycles. The number of rotatable bonds is 1. The van der Waals surface area contributed by atoms with E-state index in [-0.39, 0.29) is 0 Å². The van der Waals surface area contributed by atoms with E-state index in [0.29, 0.717) is 18.8 Å². The first-order valence-corrected chi connectivity index (χ1v) is 5.12. The summed E-state index contributed by atoms with van der Waals surface area (Å²) >= 11 is 4.94. The largest absolute Gasteiger partial charge is 0.248 e. The monoisotopic (exact) mass is 235 g/mol. The Morgan fingerprint density at radius 1 is 1.64 bits per heavy atom. The predicted octanol–water partition coefficient (Wildman–Crippen LogP) is 3.12. The summed E-state index contributed by atoms with van der Waals surface area (Å²) in [6.45, 7) is 0. The van der Waals surface area contributed by atoms with Crippen LogP contribution >= 0.6 is 27.3 Å². The Hall–Kier alpha value is 0.0400. The molecule has 1 nitrogen and oxygen atoms in total. The lowest BCUT2D eigenvalue weighted by atomic mass is 9.84. The fraction of sp³-hybridized carbons (Fsp3) is 0.571. The highest BCUT2D eigenvalue weighted by atomic mass is 79.9. The molecule has 0 bridgehead atoms. The van der Waals surface area contributed by atoms with Gasteiger partial charge in [-0.25, -0.2) is 9.37 Å². The van der Waals surface area contributed by atoms with Crippen molar-refractivity contribution < 1.29 is 4.39 Å². The number of hydrogen-bond acceptors (Lipinski definition) is 2. The van der Waals surface area contributed by atoms with E-state index < -0.39 is 6.17 Å². The Bertz CT molecular complexity index is 257. The first-order valence-electron chi connectivity index (χ1n) is 3.51. The Morgan fingerprint density at radius 2 is 2.36 bits per heavy atom. The van der Waals surface area contributed by atoms with Crippen molar-refractivity contribution in [3.8, 4) is 0 Å². The third kappa shape index (κ3) is 1.47. The van der Waals surface area contributed by atoms with Crippen molar-refractivity contribution in [2.24, 2.45) is 0 Å². The third-order valence-electron chi connectivity index (χ3n) is 1.93. The van der Waals surface area contributed by atoms with Gasteiger partial charge in [0.25, 0.3) is 0 Å². The minimum Gasteiger partial charge on any atom is -0.248 e. The zero-order chi connectivity index (χ0) is 7.84. The van der Waals surface area contributed by atoms with Crippen LogP contribution in [0.5, 0.6) is 0 Å². The molecule has 1 saturated carbocycles. The average Bonchev–Trinajstić information content (AvgIpc) is 2.29. The summed E-state index contributed by atoms with van der Waals surface area (Å²) in [6, 6.07) is 0. The molecule has 1 aliphatic carbocycles. The molecule has 0 saturated heterocycles. The molecule has 1 heterocycles. The Balaban J connectivity index is 2.07. The fourth-order valence-corrected chi connectivity index (χ4v) is 2.58. The van der Waals surface area contributed by atoms with Crippen molar-refractivity contribution in [1.82, 2.24) is 4.98 Å². The zero-order valence-corrected chi connectivity index (χ0v) is 8.16. The molecule has 11 heavy (non-hydrogen) atoms. The van der Waals surface area contributed by atoms with E-state index >= 15 is 0 Å². The highest BCUT2D eigenvalue weighted by molar-refractivity contribution is 9.11. The number of thiazole rings is 1. The van der Waals surface area contributed by atoms with Gasteiger partial charge in [0.05, 0.1) is 15.0 Å². The third-order valence-corrected chi connectivity index (χ3v) is 3.56. The van der Waals surface area contributed by atoms with Crippen molar-refractivity contribution in [2.75, 3.05) is 0 Å². The van der Waals surface area contributed by atoms with Crippen LogP contribution in [0.2, 0.25) is 0 Å². The molecular formula is C7H7BrFNS. The molecule has 0 spiro atoms. The van der Waals surface area contributed by atoms with Crippen LogP contribution in [0.1, 0.15) is 23.8 Å². The number of hydrogen-bond donors (Lipinski definition) is 0. The van der Waals surface area contributed by atoms with E-state index in [4.69, 9.17) is 0 Å². The normalized spacial score (nSPS) is 30.0. The molecule has 0 N–H and O–H groups in total. The minimum absolute atomic E-state index is 0.390. The summed E-state index contributed by atoms with van der Waals surface area (Å²) in [5.41, 5.74) is 0. The molecule has 0 radical (unpaired) electrons. The molecule has 0 aliphatic heterocycles. The molecule has 1 aliphatic rings. The van der Waals surface area contributed by atoms with Crippen molar-refractivity contribution in [2.45, 2.75) is 24.9 Å². The van der Waals surface area contributed by atoms with E-state index in [0.717, 1.165) is 8.79 Å². The maximum atomic E-state index is 12.4. The smallest absolute Gasteiger partial charge is 0.101 e. The van der Waals surface area contributed by atoms with Gasteiger partial charge in [-0.05, 0) is 28.8 Å². The second kappa shape index (κ2) is 2.83. The van der Waals surface area contributed by atoms with Gasteiger partial charge in [-0.3, -0.25) is 0 Å². The van der Waals surface area contributed by atoms with Crippen LogP contribution < -0.4 is 0 Å². The van der Waals surface area contributed by atoms with E-state index in [9.17, 15) is 4.39 Å². The lowest BCUT2D eigenvalue weighted by Gasteiger charge is -2.27. The van der Waals surface area contributed by atoms with Crippen LogP contribution in [0.15, 0.2) is 9.98 Å². The average molecular weight is 236 g/mol. The van der Waals surface area contributed by atoms with Crippen LogP contribution in [0.3, 0.4) is 0 Å².